The number of ether oxygens (including phenoxy) is 2. The fourth-order valence-electron chi connectivity index (χ4n) is 0.390. The van der Waals surface area contributed by atoms with Crippen LogP contribution in [0.3, 0.4) is 0 Å². The van der Waals surface area contributed by atoms with Gasteiger partial charge in [0.2, 0.25) is 0 Å². The molecule has 0 aliphatic heterocycles. The van der Waals surface area contributed by atoms with Crippen LogP contribution < -0.4 is 0 Å². The van der Waals surface area contributed by atoms with Crippen molar-refractivity contribution in [1.82, 2.24) is 0 Å². The van der Waals surface area contributed by atoms with Crippen LogP contribution >= 0.6 is 0 Å². The van der Waals surface area contributed by atoms with Crippen LogP contribution in [0.2, 0.25) is 0 Å². The van der Waals surface area contributed by atoms with E-state index in [9.17, 15) is 9.59 Å². The molecule has 5 heteroatoms. The Kier molecular flexibility index (Phi) is 9.45. The number of methoxy groups -OCH3 is 1. The lowest BCUT2D eigenvalue weighted by atomic mass is 10.4. The number of aliphatic hydroxyl groups is 1. The minimum Gasteiger partial charge on any atom is -0.466 e. The second kappa shape index (κ2) is 8.96. The van der Waals surface area contributed by atoms with Gasteiger partial charge in [0.15, 0.2) is 6.29 Å². The summed E-state index contributed by atoms with van der Waals surface area (Å²) in [5.74, 6) is -0.958. The number of hydrogen-bond donors (Lipinski definition) is 1. The van der Waals surface area contributed by atoms with E-state index in [4.69, 9.17) is 5.11 Å². The van der Waals surface area contributed by atoms with Gasteiger partial charge in [-0.1, -0.05) is 13.2 Å². The summed E-state index contributed by atoms with van der Waals surface area (Å²) in [5.41, 5.74) is 0.433. The average molecular weight is 216 g/mol. The number of carbonyl (C=O) groups excluding carboxylic acids is 2. The van der Waals surface area contributed by atoms with Crippen LogP contribution in [-0.2, 0) is 19.1 Å². The molecule has 0 bridgehead atoms. The van der Waals surface area contributed by atoms with E-state index in [2.05, 4.69) is 22.6 Å². The first-order chi connectivity index (χ1) is 6.84. The molecule has 0 heterocycles. The highest BCUT2D eigenvalue weighted by atomic mass is 16.6. The quantitative estimate of drug-likeness (QED) is 0.429. The van der Waals surface area contributed by atoms with E-state index >= 15 is 0 Å². The Labute approximate surface area is 89.0 Å². The Morgan fingerprint density at radius 1 is 1.47 bits per heavy atom. The molecule has 0 aromatic rings. The third-order valence-electron chi connectivity index (χ3n) is 0.987. The molecule has 0 rings (SSSR count). The molecule has 1 atom stereocenters. The molecule has 5 nitrogen and oxygen atoms in total. The Hall–Kier alpha value is -1.62. The van der Waals surface area contributed by atoms with E-state index < -0.39 is 12.3 Å². The minimum atomic E-state index is -1.04. The lowest BCUT2D eigenvalue weighted by Gasteiger charge is -2.01. The van der Waals surface area contributed by atoms with E-state index in [1.165, 1.54) is 14.0 Å². The van der Waals surface area contributed by atoms with E-state index in [1.807, 2.05) is 0 Å². The first kappa shape index (κ1) is 15.8. The summed E-state index contributed by atoms with van der Waals surface area (Å²) in [5, 5.41) is 8.36. The Morgan fingerprint density at radius 3 is 2.00 bits per heavy atom. The SMILES string of the molecule is C=C(C)C(=O)OC.C=CC(=O)OC(C)O. The van der Waals surface area contributed by atoms with Gasteiger partial charge in [0.1, 0.15) is 0 Å². The molecule has 1 unspecified atom stereocenters. The number of aliphatic hydroxyl groups excluding tert-OH is 1. The van der Waals surface area contributed by atoms with E-state index in [-0.39, 0.29) is 5.97 Å². The highest BCUT2D eigenvalue weighted by Gasteiger charge is 1.98. The maximum atomic E-state index is 10.2. The predicted molar refractivity (Wildman–Crippen MR) is 54.8 cm³/mol. The molecule has 0 saturated heterocycles. The third-order valence-corrected chi connectivity index (χ3v) is 0.987. The minimum absolute atomic E-state index is 0.347. The lowest BCUT2D eigenvalue weighted by molar-refractivity contribution is -0.158. The van der Waals surface area contributed by atoms with Gasteiger partial charge in [-0.3, -0.25) is 0 Å². The van der Waals surface area contributed by atoms with Crippen LogP contribution in [0.25, 0.3) is 0 Å². The molecule has 0 aromatic heterocycles. The van der Waals surface area contributed by atoms with Crippen molar-refractivity contribution in [1.29, 1.82) is 0 Å². The Balaban J connectivity index is 0. The lowest BCUT2D eigenvalue weighted by Crippen LogP contribution is -2.10. The molecule has 0 fully saturated rings. The molecule has 0 spiro atoms. The van der Waals surface area contributed by atoms with Gasteiger partial charge in [-0.05, 0) is 13.8 Å². The van der Waals surface area contributed by atoms with Crippen LogP contribution in [0.4, 0.5) is 0 Å². The van der Waals surface area contributed by atoms with Gasteiger partial charge in [-0.2, -0.15) is 0 Å². The first-order valence-electron chi connectivity index (χ1n) is 4.10. The molecular formula is C10H16O5. The van der Waals surface area contributed by atoms with Crippen molar-refractivity contribution >= 4 is 11.9 Å². The summed E-state index contributed by atoms with van der Waals surface area (Å²) >= 11 is 0. The van der Waals surface area contributed by atoms with Crippen molar-refractivity contribution in [3.05, 3.63) is 24.8 Å². The molecular weight excluding hydrogens is 200 g/mol. The van der Waals surface area contributed by atoms with Gasteiger partial charge in [-0.25, -0.2) is 9.59 Å². The normalized spacial score (nSPS) is 10.1. The number of esters is 2. The number of hydrogen-bond acceptors (Lipinski definition) is 5. The first-order valence-corrected chi connectivity index (χ1v) is 4.10. The van der Waals surface area contributed by atoms with E-state index in [1.54, 1.807) is 6.92 Å². The van der Waals surface area contributed by atoms with Gasteiger partial charge < -0.3 is 14.6 Å². The van der Waals surface area contributed by atoms with Crippen molar-refractivity contribution in [3.63, 3.8) is 0 Å². The molecule has 0 saturated carbocycles. The van der Waals surface area contributed by atoms with Crippen molar-refractivity contribution in [2.75, 3.05) is 7.11 Å². The summed E-state index contributed by atoms with van der Waals surface area (Å²) in [6, 6.07) is 0. The molecule has 1 N–H and O–H groups in total. The van der Waals surface area contributed by atoms with E-state index in [0.29, 0.717) is 5.57 Å². The van der Waals surface area contributed by atoms with Crippen molar-refractivity contribution in [2.24, 2.45) is 0 Å². The van der Waals surface area contributed by atoms with Gasteiger partial charge in [0.25, 0.3) is 0 Å². The number of rotatable bonds is 3. The maximum Gasteiger partial charge on any atom is 0.332 e. The zero-order chi connectivity index (χ0) is 12.4. The average Bonchev–Trinajstić information content (AvgIpc) is 2.16. The van der Waals surface area contributed by atoms with Crippen LogP contribution in [0.15, 0.2) is 24.8 Å². The molecule has 0 aliphatic rings. The fourth-order valence-corrected chi connectivity index (χ4v) is 0.390. The maximum absolute atomic E-state index is 10.2. The summed E-state index contributed by atoms with van der Waals surface area (Å²) in [4.78, 5) is 20.3. The van der Waals surface area contributed by atoms with Crippen molar-refractivity contribution in [3.8, 4) is 0 Å². The Bertz CT molecular complexity index is 242. The molecule has 0 aromatic carbocycles. The summed E-state index contributed by atoms with van der Waals surface area (Å²) in [7, 11) is 1.33. The fraction of sp³-hybridized carbons (Fsp3) is 0.400. The smallest absolute Gasteiger partial charge is 0.332 e. The van der Waals surface area contributed by atoms with Crippen LogP contribution in [0, 0.1) is 0 Å². The summed E-state index contributed by atoms with van der Waals surface area (Å²) in [6.45, 7) is 9.43. The highest BCUT2D eigenvalue weighted by molar-refractivity contribution is 5.86. The standard InChI is InChI=1S/C5H8O3.C5H8O2/c1-3-5(7)8-4(2)6;1-4(2)5(6)7-3/h3-4,6H,1H2,2H3;1H2,2-3H3. The highest BCUT2D eigenvalue weighted by Crippen LogP contribution is 1.87. The van der Waals surface area contributed by atoms with Crippen LogP contribution in [-0.4, -0.2) is 30.4 Å². The number of carbonyl (C=O) groups is 2. The van der Waals surface area contributed by atoms with Crippen LogP contribution in [0.1, 0.15) is 13.8 Å². The zero-order valence-electron chi connectivity index (χ0n) is 9.15. The molecule has 0 amide bonds. The van der Waals surface area contributed by atoms with Gasteiger partial charge in [0.05, 0.1) is 7.11 Å². The zero-order valence-corrected chi connectivity index (χ0v) is 9.15. The van der Waals surface area contributed by atoms with Crippen LogP contribution in [0.5, 0.6) is 0 Å². The Morgan fingerprint density at radius 2 is 1.93 bits per heavy atom. The van der Waals surface area contributed by atoms with Crippen molar-refractivity contribution in [2.45, 2.75) is 20.1 Å². The molecule has 86 valence electrons. The molecule has 15 heavy (non-hydrogen) atoms. The van der Waals surface area contributed by atoms with Gasteiger partial charge >= 0.3 is 11.9 Å². The predicted octanol–water partition coefficient (Wildman–Crippen LogP) is 0.789. The molecule has 0 radical (unpaired) electrons. The van der Waals surface area contributed by atoms with Gasteiger partial charge in [0, 0.05) is 11.6 Å². The summed E-state index contributed by atoms with van der Waals surface area (Å²) < 4.78 is 8.47. The molecule has 0 aliphatic carbocycles. The third kappa shape index (κ3) is 12.4. The van der Waals surface area contributed by atoms with E-state index in [0.717, 1.165) is 6.08 Å². The second-order valence-corrected chi connectivity index (χ2v) is 2.51. The van der Waals surface area contributed by atoms with Gasteiger partial charge in [-0.15, -0.1) is 0 Å². The summed E-state index contributed by atoms with van der Waals surface area (Å²) in [6.07, 6.45) is -0.0484. The topological polar surface area (TPSA) is 72.8 Å². The second-order valence-electron chi connectivity index (χ2n) is 2.51. The largest absolute Gasteiger partial charge is 0.466 e. The van der Waals surface area contributed by atoms with Crippen molar-refractivity contribution < 1.29 is 24.2 Å². The monoisotopic (exact) mass is 216 g/mol.